The van der Waals surface area contributed by atoms with Gasteiger partial charge < -0.3 is 19.9 Å². The van der Waals surface area contributed by atoms with Crippen LogP contribution in [0, 0.1) is 0 Å². The summed E-state index contributed by atoms with van der Waals surface area (Å²) in [6.07, 6.45) is 2.19. The van der Waals surface area contributed by atoms with Crippen LogP contribution in [0.3, 0.4) is 0 Å². The number of nitrogens with zero attached hydrogens (tertiary/aromatic N) is 4. The zero-order valence-corrected chi connectivity index (χ0v) is 14.6. The molecule has 0 aliphatic carbocycles. The predicted octanol–water partition coefficient (Wildman–Crippen LogP) is 1.01. The summed E-state index contributed by atoms with van der Waals surface area (Å²) < 4.78 is 5.14. The molecule has 0 bridgehead atoms. The number of carbonyl (C=O) groups is 2. The number of hydrogen-bond donors (Lipinski definition) is 1. The van der Waals surface area contributed by atoms with Gasteiger partial charge in [-0.05, 0) is 17.7 Å². The first-order valence-corrected chi connectivity index (χ1v) is 8.37. The fourth-order valence-corrected chi connectivity index (χ4v) is 2.70. The summed E-state index contributed by atoms with van der Waals surface area (Å²) in [5.74, 6) is 1.24. The molecule has 8 nitrogen and oxygen atoms in total. The Balaban J connectivity index is 1.60. The fraction of sp³-hybridized carbons (Fsp3) is 0.333. The largest absolute Gasteiger partial charge is 0.497 e. The molecule has 1 N–H and O–H groups in total. The summed E-state index contributed by atoms with van der Waals surface area (Å²) in [7, 11) is 1.63. The summed E-state index contributed by atoms with van der Waals surface area (Å²) in [5.41, 5.74) is 1.42. The molecule has 136 valence electrons. The Labute approximate surface area is 151 Å². The number of nitrogens with one attached hydrogen (secondary N) is 1. The molecule has 2 amide bonds. The third-order valence-corrected chi connectivity index (χ3v) is 4.27. The van der Waals surface area contributed by atoms with Crippen LogP contribution >= 0.6 is 0 Å². The van der Waals surface area contributed by atoms with Crippen LogP contribution in [0.15, 0.2) is 36.7 Å². The molecular weight excluding hydrogens is 334 g/mol. The molecule has 0 radical (unpaired) electrons. The van der Waals surface area contributed by atoms with Gasteiger partial charge in [-0.15, -0.1) is 0 Å². The first kappa shape index (κ1) is 17.7. The highest BCUT2D eigenvalue weighted by Gasteiger charge is 2.22. The van der Waals surface area contributed by atoms with Crippen LogP contribution in [0.5, 0.6) is 5.75 Å². The average Bonchev–Trinajstić information content (AvgIpc) is 2.72. The van der Waals surface area contributed by atoms with E-state index in [4.69, 9.17) is 4.74 Å². The normalized spacial score (nSPS) is 14.0. The lowest BCUT2D eigenvalue weighted by molar-refractivity contribution is -0.119. The molecule has 0 spiro atoms. The maximum absolute atomic E-state index is 12.6. The second-order valence-corrected chi connectivity index (χ2v) is 5.92. The summed E-state index contributed by atoms with van der Waals surface area (Å²) in [5, 5.41) is 3.20. The van der Waals surface area contributed by atoms with E-state index in [-0.39, 0.29) is 5.91 Å². The van der Waals surface area contributed by atoms with E-state index >= 15 is 0 Å². The van der Waals surface area contributed by atoms with Crippen molar-refractivity contribution in [3.63, 3.8) is 0 Å². The number of rotatable bonds is 6. The van der Waals surface area contributed by atoms with Crippen LogP contribution in [0.25, 0.3) is 0 Å². The number of ether oxygens (including phenoxy) is 1. The number of benzene rings is 1. The third kappa shape index (κ3) is 4.27. The van der Waals surface area contributed by atoms with Gasteiger partial charge in [-0.25, -0.2) is 9.97 Å². The number of hydrogen-bond acceptors (Lipinski definition) is 6. The van der Waals surface area contributed by atoms with Crippen molar-refractivity contribution >= 4 is 18.1 Å². The van der Waals surface area contributed by atoms with Gasteiger partial charge in [0, 0.05) is 38.8 Å². The number of piperazine rings is 1. The van der Waals surface area contributed by atoms with Gasteiger partial charge >= 0.3 is 0 Å². The van der Waals surface area contributed by atoms with Crippen molar-refractivity contribution < 1.29 is 14.3 Å². The average molecular weight is 355 g/mol. The van der Waals surface area contributed by atoms with Crippen molar-refractivity contribution in [2.45, 2.75) is 6.54 Å². The summed E-state index contributed by atoms with van der Waals surface area (Å²) >= 11 is 0. The highest BCUT2D eigenvalue weighted by atomic mass is 16.5. The molecule has 2 heterocycles. The standard InChI is InChI=1S/C18H21N5O3/c1-26-15-4-2-14(3-5-15)11-19-17-10-16(20-12-21-17)18(25)23-8-6-22(13-24)7-9-23/h2-5,10,12-13H,6-9,11H2,1H3,(H,19,20,21). The third-order valence-electron chi connectivity index (χ3n) is 4.27. The molecule has 1 aromatic heterocycles. The molecule has 1 aromatic carbocycles. The Morgan fingerprint density at radius 2 is 1.92 bits per heavy atom. The molecule has 1 aliphatic rings. The molecule has 26 heavy (non-hydrogen) atoms. The van der Waals surface area contributed by atoms with Crippen molar-refractivity contribution in [2.24, 2.45) is 0 Å². The summed E-state index contributed by atoms with van der Waals surface area (Å²) in [6.45, 7) is 2.69. The van der Waals surface area contributed by atoms with Gasteiger partial charge in [0.05, 0.1) is 7.11 Å². The first-order chi connectivity index (χ1) is 12.7. The zero-order chi connectivity index (χ0) is 18.4. The Kier molecular flexibility index (Phi) is 5.62. The number of amides is 2. The second-order valence-electron chi connectivity index (χ2n) is 5.92. The van der Waals surface area contributed by atoms with Gasteiger partial charge in [0.25, 0.3) is 5.91 Å². The van der Waals surface area contributed by atoms with E-state index in [1.807, 2.05) is 24.3 Å². The lowest BCUT2D eigenvalue weighted by atomic mass is 10.2. The van der Waals surface area contributed by atoms with Gasteiger partial charge in [-0.1, -0.05) is 12.1 Å². The van der Waals surface area contributed by atoms with E-state index in [1.54, 1.807) is 23.0 Å². The van der Waals surface area contributed by atoms with Crippen molar-refractivity contribution in [1.82, 2.24) is 19.8 Å². The Morgan fingerprint density at radius 3 is 2.58 bits per heavy atom. The summed E-state index contributed by atoms with van der Waals surface area (Å²) in [4.78, 5) is 35.0. The van der Waals surface area contributed by atoms with Crippen molar-refractivity contribution in [1.29, 1.82) is 0 Å². The molecule has 1 aliphatic heterocycles. The van der Waals surface area contributed by atoms with E-state index in [1.165, 1.54) is 6.33 Å². The van der Waals surface area contributed by atoms with Crippen molar-refractivity contribution in [3.05, 3.63) is 47.9 Å². The van der Waals surface area contributed by atoms with E-state index in [0.29, 0.717) is 44.2 Å². The molecule has 3 rings (SSSR count). The summed E-state index contributed by atoms with van der Waals surface area (Å²) in [6, 6.07) is 9.37. The molecule has 1 fully saturated rings. The Bertz CT molecular complexity index is 758. The quantitative estimate of drug-likeness (QED) is 0.778. The lowest BCUT2D eigenvalue weighted by Crippen LogP contribution is -2.48. The van der Waals surface area contributed by atoms with Crippen LogP contribution in [0.1, 0.15) is 16.1 Å². The van der Waals surface area contributed by atoms with Crippen LogP contribution in [0.4, 0.5) is 5.82 Å². The topological polar surface area (TPSA) is 87.7 Å². The molecule has 0 atom stereocenters. The molecule has 1 saturated heterocycles. The van der Waals surface area contributed by atoms with Gasteiger partial charge in [0.15, 0.2) is 0 Å². The predicted molar refractivity (Wildman–Crippen MR) is 95.9 cm³/mol. The minimum atomic E-state index is -0.148. The van der Waals surface area contributed by atoms with Crippen molar-refractivity contribution in [3.8, 4) is 5.75 Å². The molecule has 0 saturated carbocycles. The highest BCUT2D eigenvalue weighted by Crippen LogP contribution is 2.14. The number of carbonyl (C=O) groups excluding carboxylic acids is 2. The van der Waals surface area contributed by atoms with Crippen molar-refractivity contribution in [2.75, 3.05) is 38.6 Å². The molecule has 0 unspecified atom stereocenters. The Hall–Kier alpha value is -3.16. The maximum atomic E-state index is 12.6. The van der Waals surface area contributed by atoms with Gasteiger partial charge in [-0.2, -0.15) is 0 Å². The van der Waals surface area contributed by atoms with Crippen LogP contribution in [-0.4, -0.2) is 65.4 Å². The van der Waals surface area contributed by atoms with Crippen LogP contribution in [0.2, 0.25) is 0 Å². The first-order valence-electron chi connectivity index (χ1n) is 8.37. The zero-order valence-electron chi connectivity index (χ0n) is 14.6. The number of aromatic nitrogens is 2. The minimum Gasteiger partial charge on any atom is -0.497 e. The van der Waals surface area contributed by atoms with E-state index in [2.05, 4.69) is 15.3 Å². The highest BCUT2D eigenvalue weighted by molar-refractivity contribution is 5.93. The SMILES string of the molecule is COc1ccc(CNc2cc(C(=O)N3CCN(C=O)CC3)ncn2)cc1. The van der Waals surface area contributed by atoms with E-state index in [0.717, 1.165) is 17.7 Å². The van der Waals surface area contributed by atoms with Gasteiger partial charge in [0.1, 0.15) is 23.6 Å². The van der Waals surface area contributed by atoms with Crippen LogP contribution in [-0.2, 0) is 11.3 Å². The lowest BCUT2D eigenvalue weighted by Gasteiger charge is -2.32. The number of anilines is 1. The Morgan fingerprint density at radius 1 is 1.19 bits per heavy atom. The van der Waals surface area contributed by atoms with Crippen LogP contribution < -0.4 is 10.1 Å². The molecular formula is C18H21N5O3. The monoisotopic (exact) mass is 355 g/mol. The van der Waals surface area contributed by atoms with E-state index < -0.39 is 0 Å². The van der Waals surface area contributed by atoms with Gasteiger partial charge in [-0.3, -0.25) is 9.59 Å². The second kappa shape index (κ2) is 8.28. The molecule has 2 aromatic rings. The van der Waals surface area contributed by atoms with E-state index in [9.17, 15) is 9.59 Å². The minimum absolute atomic E-state index is 0.148. The van der Waals surface area contributed by atoms with Gasteiger partial charge in [0.2, 0.25) is 6.41 Å². The smallest absolute Gasteiger partial charge is 0.272 e. The molecule has 8 heteroatoms. The fourth-order valence-electron chi connectivity index (χ4n) is 2.70. The number of methoxy groups -OCH3 is 1. The maximum Gasteiger partial charge on any atom is 0.272 e.